The fourth-order valence-electron chi connectivity index (χ4n) is 3.23. The van der Waals surface area contributed by atoms with E-state index in [2.05, 4.69) is 0 Å². The second kappa shape index (κ2) is 12.7. The third kappa shape index (κ3) is 7.80. The number of hydrogen-bond donors (Lipinski definition) is 0. The Labute approximate surface area is 201 Å². The van der Waals surface area contributed by atoms with Gasteiger partial charge in [0.1, 0.15) is 0 Å². The summed E-state index contributed by atoms with van der Waals surface area (Å²) < 4.78 is 25.7. The molecule has 0 aliphatic rings. The van der Waals surface area contributed by atoms with Crippen molar-refractivity contribution in [2.45, 2.75) is 26.4 Å². The van der Waals surface area contributed by atoms with Gasteiger partial charge < -0.3 is 0 Å². The summed E-state index contributed by atoms with van der Waals surface area (Å²) in [5.41, 5.74) is 4.20. The SMILES string of the molecule is c1ccc(C[O][Sn]([O]Cc2ccccc2)([O]Cc2ccccc2)[O]Cc2ccccc2)cc1. The zero-order valence-corrected chi connectivity index (χ0v) is 21.4. The summed E-state index contributed by atoms with van der Waals surface area (Å²) in [5.74, 6) is 0. The predicted octanol–water partition coefficient (Wildman–Crippen LogP) is 6.29. The van der Waals surface area contributed by atoms with E-state index < -0.39 is 20.0 Å². The van der Waals surface area contributed by atoms with Crippen LogP contribution in [0, 0.1) is 0 Å². The van der Waals surface area contributed by atoms with E-state index in [1.165, 1.54) is 0 Å². The standard InChI is InChI=1S/4C7H7O.Sn/c4*8-6-7-4-2-1-3-5-7;/h4*1-5H,6H2;/q4*-1;+4. The van der Waals surface area contributed by atoms with Gasteiger partial charge in [0.2, 0.25) is 0 Å². The third-order valence-corrected chi connectivity index (χ3v) is 10.7. The van der Waals surface area contributed by atoms with Gasteiger partial charge in [0.15, 0.2) is 0 Å². The first-order chi connectivity index (χ1) is 16.3. The molecule has 4 aromatic rings. The van der Waals surface area contributed by atoms with Gasteiger partial charge in [-0.05, 0) is 0 Å². The monoisotopic (exact) mass is 548 g/mol. The zero-order valence-electron chi connectivity index (χ0n) is 18.5. The summed E-state index contributed by atoms with van der Waals surface area (Å²) in [5, 5.41) is 0. The molecule has 4 rings (SSSR count). The van der Waals surface area contributed by atoms with Crippen LogP contribution in [-0.2, 0) is 38.7 Å². The van der Waals surface area contributed by atoms with E-state index in [0.29, 0.717) is 26.4 Å². The predicted molar refractivity (Wildman–Crippen MR) is 131 cm³/mol. The molecule has 0 bridgehead atoms. The van der Waals surface area contributed by atoms with Gasteiger partial charge in [-0.1, -0.05) is 0 Å². The van der Waals surface area contributed by atoms with Crippen LogP contribution in [0.1, 0.15) is 22.3 Å². The molecule has 0 spiro atoms. The van der Waals surface area contributed by atoms with Gasteiger partial charge in [0.05, 0.1) is 0 Å². The van der Waals surface area contributed by atoms with Crippen molar-refractivity contribution in [3.05, 3.63) is 144 Å². The molecule has 0 unspecified atom stereocenters. The van der Waals surface area contributed by atoms with Crippen LogP contribution in [0.5, 0.6) is 0 Å². The number of hydrogen-bond acceptors (Lipinski definition) is 4. The van der Waals surface area contributed by atoms with Crippen LogP contribution in [0.3, 0.4) is 0 Å². The van der Waals surface area contributed by atoms with Crippen LogP contribution in [0.25, 0.3) is 0 Å². The van der Waals surface area contributed by atoms with Gasteiger partial charge in [0.25, 0.3) is 0 Å². The Morgan fingerprint density at radius 3 is 0.758 bits per heavy atom. The molecule has 0 saturated heterocycles. The summed E-state index contributed by atoms with van der Waals surface area (Å²) in [6, 6.07) is 40.2. The average molecular weight is 547 g/mol. The van der Waals surface area contributed by atoms with Crippen LogP contribution in [0.15, 0.2) is 121 Å². The topological polar surface area (TPSA) is 36.9 Å². The summed E-state index contributed by atoms with van der Waals surface area (Å²) in [6.07, 6.45) is 0. The first-order valence-corrected chi connectivity index (χ1v) is 15.7. The Morgan fingerprint density at radius 2 is 0.545 bits per heavy atom. The Kier molecular flexibility index (Phi) is 9.09. The summed E-state index contributed by atoms with van der Waals surface area (Å²) in [6.45, 7) is 1.48. The Balaban J connectivity index is 1.56. The molecule has 0 fully saturated rings. The minimum absolute atomic E-state index is 0.370. The molecule has 0 aromatic heterocycles. The molecule has 4 nitrogen and oxygen atoms in total. The van der Waals surface area contributed by atoms with Crippen LogP contribution < -0.4 is 0 Å². The maximum absolute atomic E-state index is 6.42. The van der Waals surface area contributed by atoms with Crippen molar-refractivity contribution < 1.29 is 12.3 Å². The van der Waals surface area contributed by atoms with Crippen LogP contribution >= 0.6 is 0 Å². The van der Waals surface area contributed by atoms with Gasteiger partial charge >= 0.3 is 202 Å². The molecule has 168 valence electrons. The molecule has 0 atom stereocenters. The van der Waals surface area contributed by atoms with E-state index in [-0.39, 0.29) is 0 Å². The van der Waals surface area contributed by atoms with Gasteiger partial charge in [-0.15, -0.1) is 0 Å². The molecule has 0 amide bonds. The van der Waals surface area contributed by atoms with Crippen molar-refractivity contribution in [3.63, 3.8) is 0 Å². The van der Waals surface area contributed by atoms with Crippen LogP contribution in [0.4, 0.5) is 0 Å². The van der Waals surface area contributed by atoms with Gasteiger partial charge in [0, 0.05) is 0 Å². The van der Waals surface area contributed by atoms with Gasteiger partial charge in [-0.2, -0.15) is 0 Å². The van der Waals surface area contributed by atoms with Crippen molar-refractivity contribution in [1.82, 2.24) is 0 Å². The van der Waals surface area contributed by atoms with Crippen molar-refractivity contribution in [3.8, 4) is 0 Å². The number of benzene rings is 4. The van der Waals surface area contributed by atoms with E-state index in [1.807, 2.05) is 121 Å². The van der Waals surface area contributed by atoms with E-state index in [1.54, 1.807) is 0 Å². The van der Waals surface area contributed by atoms with Crippen molar-refractivity contribution in [1.29, 1.82) is 0 Å². The Morgan fingerprint density at radius 1 is 0.333 bits per heavy atom. The maximum atomic E-state index is 6.42. The van der Waals surface area contributed by atoms with E-state index in [9.17, 15) is 0 Å². The van der Waals surface area contributed by atoms with Crippen molar-refractivity contribution in [2.24, 2.45) is 0 Å². The van der Waals surface area contributed by atoms with Crippen molar-refractivity contribution >= 4 is 20.0 Å². The molecule has 4 aromatic carbocycles. The Hall–Kier alpha value is -2.48. The van der Waals surface area contributed by atoms with E-state index in [4.69, 9.17) is 12.3 Å². The number of rotatable bonds is 12. The second-order valence-corrected chi connectivity index (χ2v) is 13.7. The molecule has 0 aliphatic heterocycles. The molecule has 0 aliphatic carbocycles. The molecule has 0 N–H and O–H groups in total. The summed E-state index contributed by atoms with van der Waals surface area (Å²) >= 11 is -4.47. The van der Waals surface area contributed by atoms with Gasteiger partial charge in [-0.25, -0.2) is 0 Å². The summed E-state index contributed by atoms with van der Waals surface area (Å²) in [4.78, 5) is 0. The van der Waals surface area contributed by atoms with Crippen LogP contribution in [-0.4, -0.2) is 20.0 Å². The molecular formula is C28H28O4Sn. The zero-order chi connectivity index (χ0) is 22.6. The van der Waals surface area contributed by atoms with Gasteiger partial charge in [-0.3, -0.25) is 0 Å². The molecular weight excluding hydrogens is 519 g/mol. The van der Waals surface area contributed by atoms with E-state index in [0.717, 1.165) is 22.3 Å². The Bertz CT molecular complexity index is 881. The fourth-order valence-corrected chi connectivity index (χ4v) is 8.58. The quantitative estimate of drug-likeness (QED) is 0.196. The summed E-state index contributed by atoms with van der Waals surface area (Å²) in [7, 11) is 0. The fraction of sp³-hybridized carbons (Fsp3) is 0.143. The normalized spacial score (nSPS) is 11.4. The first-order valence-electron chi connectivity index (χ1n) is 11.0. The minimum atomic E-state index is -4.47. The third-order valence-electron chi connectivity index (χ3n) is 5.03. The molecule has 0 saturated carbocycles. The molecule has 5 heteroatoms. The molecule has 0 heterocycles. The van der Waals surface area contributed by atoms with E-state index >= 15 is 0 Å². The molecule has 33 heavy (non-hydrogen) atoms. The first kappa shape index (κ1) is 23.7. The van der Waals surface area contributed by atoms with Crippen LogP contribution in [0.2, 0.25) is 0 Å². The molecule has 0 radical (unpaired) electrons. The second-order valence-electron chi connectivity index (χ2n) is 7.60. The average Bonchev–Trinajstić information content (AvgIpc) is 2.90. The van der Waals surface area contributed by atoms with Crippen molar-refractivity contribution in [2.75, 3.05) is 0 Å².